The van der Waals surface area contributed by atoms with Crippen molar-refractivity contribution < 1.29 is 9.59 Å². The van der Waals surface area contributed by atoms with E-state index in [1.165, 1.54) is 0 Å². The molecule has 0 fully saturated rings. The fourth-order valence-electron chi connectivity index (χ4n) is 2.09. The quantitative estimate of drug-likeness (QED) is 0.890. The number of nitriles is 1. The number of nitrogens with one attached hydrogen (secondary N) is 2. The minimum Gasteiger partial charge on any atom is -0.346 e. The van der Waals surface area contributed by atoms with Crippen LogP contribution in [0.4, 0.5) is 5.69 Å². The van der Waals surface area contributed by atoms with Crippen molar-refractivity contribution in [2.24, 2.45) is 0 Å². The van der Waals surface area contributed by atoms with Crippen molar-refractivity contribution in [3.63, 3.8) is 0 Å². The molecule has 1 unspecified atom stereocenters. The molecule has 2 rings (SSSR count). The van der Waals surface area contributed by atoms with Crippen LogP contribution in [0, 0.1) is 11.3 Å². The zero-order chi connectivity index (χ0) is 16.7. The van der Waals surface area contributed by atoms with E-state index in [9.17, 15) is 9.59 Å². The van der Waals surface area contributed by atoms with E-state index in [0.717, 1.165) is 5.56 Å². The molecule has 0 saturated carbocycles. The van der Waals surface area contributed by atoms with E-state index in [-0.39, 0.29) is 24.3 Å². The monoisotopic (exact) mass is 307 g/mol. The summed E-state index contributed by atoms with van der Waals surface area (Å²) in [5.74, 6) is -0.557. The highest BCUT2D eigenvalue weighted by atomic mass is 16.2. The molecule has 2 aromatic rings. The van der Waals surface area contributed by atoms with E-state index in [2.05, 4.69) is 10.6 Å². The summed E-state index contributed by atoms with van der Waals surface area (Å²) in [4.78, 5) is 23.5. The summed E-state index contributed by atoms with van der Waals surface area (Å²) < 4.78 is 0. The molecule has 0 aliphatic heterocycles. The van der Waals surface area contributed by atoms with Crippen molar-refractivity contribution >= 4 is 17.5 Å². The molecule has 2 amide bonds. The van der Waals surface area contributed by atoms with Gasteiger partial charge in [0.2, 0.25) is 5.91 Å². The van der Waals surface area contributed by atoms with Gasteiger partial charge in [0.1, 0.15) is 6.42 Å². The molecule has 0 heterocycles. The maximum Gasteiger partial charge on any atom is 0.251 e. The molecule has 23 heavy (non-hydrogen) atoms. The van der Waals surface area contributed by atoms with Crippen LogP contribution in [0.5, 0.6) is 0 Å². The van der Waals surface area contributed by atoms with Gasteiger partial charge in [0.15, 0.2) is 0 Å². The lowest BCUT2D eigenvalue weighted by atomic mass is 10.1. The molecule has 5 nitrogen and oxygen atoms in total. The Morgan fingerprint density at radius 2 is 1.74 bits per heavy atom. The van der Waals surface area contributed by atoms with Crippen LogP contribution in [0.3, 0.4) is 0 Å². The lowest BCUT2D eigenvalue weighted by molar-refractivity contribution is -0.115. The first-order chi connectivity index (χ1) is 11.1. The van der Waals surface area contributed by atoms with Crippen molar-refractivity contribution in [1.29, 1.82) is 5.26 Å². The molecule has 0 spiro atoms. The Labute approximate surface area is 134 Å². The molecular weight excluding hydrogens is 290 g/mol. The summed E-state index contributed by atoms with van der Waals surface area (Å²) >= 11 is 0. The highest BCUT2D eigenvalue weighted by molar-refractivity contribution is 5.96. The van der Waals surface area contributed by atoms with Crippen LogP contribution in [0.1, 0.15) is 35.3 Å². The van der Waals surface area contributed by atoms with E-state index in [0.29, 0.717) is 11.3 Å². The zero-order valence-electron chi connectivity index (χ0n) is 12.7. The van der Waals surface area contributed by atoms with E-state index in [4.69, 9.17) is 5.26 Å². The van der Waals surface area contributed by atoms with Gasteiger partial charge in [-0.1, -0.05) is 30.3 Å². The van der Waals surface area contributed by atoms with Crippen LogP contribution in [-0.4, -0.2) is 11.8 Å². The summed E-state index contributed by atoms with van der Waals surface area (Å²) in [6.45, 7) is 1.92. The number of carbonyl (C=O) groups is 2. The van der Waals surface area contributed by atoms with Crippen LogP contribution >= 0.6 is 0 Å². The van der Waals surface area contributed by atoms with Gasteiger partial charge in [-0.05, 0) is 36.8 Å². The fourth-order valence-corrected chi connectivity index (χ4v) is 2.09. The standard InChI is InChI=1S/C18H17N3O2/c1-13(14-5-3-2-4-6-14)20-18(23)15-7-9-16(10-8-15)21-17(22)11-12-19/h2-10,13H,11H2,1H3,(H,20,23)(H,21,22). The van der Waals surface area contributed by atoms with Gasteiger partial charge in [-0.2, -0.15) is 5.26 Å². The van der Waals surface area contributed by atoms with Crippen molar-refractivity contribution in [2.45, 2.75) is 19.4 Å². The molecule has 5 heteroatoms. The molecule has 0 saturated heterocycles. The molecule has 0 aliphatic carbocycles. The van der Waals surface area contributed by atoms with E-state index >= 15 is 0 Å². The molecule has 2 aromatic carbocycles. The summed E-state index contributed by atoms with van der Waals surface area (Å²) in [5.41, 5.74) is 2.09. The normalized spacial score (nSPS) is 11.1. The third kappa shape index (κ3) is 4.68. The van der Waals surface area contributed by atoms with E-state index < -0.39 is 0 Å². The fraction of sp³-hybridized carbons (Fsp3) is 0.167. The molecule has 0 bridgehead atoms. The van der Waals surface area contributed by atoms with Crippen molar-refractivity contribution in [3.8, 4) is 6.07 Å². The van der Waals surface area contributed by atoms with Gasteiger partial charge in [0.25, 0.3) is 5.91 Å². The second kappa shape index (κ2) is 7.76. The Kier molecular flexibility index (Phi) is 5.48. The Morgan fingerprint density at radius 1 is 1.09 bits per heavy atom. The first-order valence-corrected chi connectivity index (χ1v) is 7.23. The molecule has 0 aromatic heterocycles. The van der Waals surface area contributed by atoms with Crippen molar-refractivity contribution in [2.75, 3.05) is 5.32 Å². The number of anilines is 1. The van der Waals surface area contributed by atoms with E-state index in [1.54, 1.807) is 30.3 Å². The van der Waals surface area contributed by atoms with Gasteiger partial charge in [0, 0.05) is 11.3 Å². The number of hydrogen-bond donors (Lipinski definition) is 2. The molecule has 116 valence electrons. The molecule has 0 aliphatic rings. The first-order valence-electron chi connectivity index (χ1n) is 7.23. The third-order valence-electron chi connectivity index (χ3n) is 3.32. The van der Waals surface area contributed by atoms with Crippen LogP contribution in [0.25, 0.3) is 0 Å². The van der Waals surface area contributed by atoms with Crippen LogP contribution in [0.15, 0.2) is 54.6 Å². The maximum atomic E-state index is 12.2. The predicted molar refractivity (Wildman–Crippen MR) is 87.6 cm³/mol. The smallest absolute Gasteiger partial charge is 0.251 e. The minimum absolute atomic E-state index is 0.0984. The molecule has 0 radical (unpaired) electrons. The van der Waals surface area contributed by atoms with Gasteiger partial charge in [-0.25, -0.2) is 0 Å². The van der Waals surface area contributed by atoms with Crippen LogP contribution in [-0.2, 0) is 4.79 Å². The molecule has 1 atom stereocenters. The highest BCUT2D eigenvalue weighted by Crippen LogP contribution is 2.14. The number of amides is 2. The van der Waals surface area contributed by atoms with Gasteiger partial charge in [-0.3, -0.25) is 9.59 Å². The predicted octanol–water partition coefficient (Wildman–Crippen LogP) is 3.03. The average molecular weight is 307 g/mol. The number of hydrogen-bond acceptors (Lipinski definition) is 3. The summed E-state index contributed by atoms with van der Waals surface area (Å²) in [6.07, 6.45) is -0.198. The largest absolute Gasteiger partial charge is 0.346 e. The Morgan fingerprint density at radius 3 is 2.35 bits per heavy atom. The van der Waals surface area contributed by atoms with Gasteiger partial charge < -0.3 is 10.6 Å². The van der Waals surface area contributed by atoms with Crippen molar-refractivity contribution in [1.82, 2.24) is 5.32 Å². The van der Waals surface area contributed by atoms with Gasteiger partial charge in [-0.15, -0.1) is 0 Å². The second-order valence-corrected chi connectivity index (χ2v) is 5.07. The second-order valence-electron chi connectivity index (χ2n) is 5.07. The number of benzene rings is 2. The van der Waals surface area contributed by atoms with Crippen molar-refractivity contribution in [3.05, 3.63) is 65.7 Å². The summed E-state index contributed by atoms with van der Waals surface area (Å²) in [6, 6.07) is 17.9. The van der Waals surface area contributed by atoms with E-state index in [1.807, 2.05) is 37.3 Å². The number of carbonyl (C=O) groups excluding carboxylic acids is 2. The number of nitrogens with zero attached hydrogens (tertiary/aromatic N) is 1. The Bertz CT molecular complexity index is 718. The summed E-state index contributed by atoms with van der Waals surface area (Å²) in [5, 5.41) is 14.0. The maximum absolute atomic E-state index is 12.2. The highest BCUT2D eigenvalue weighted by Gasteiger charge is 2.11. The summed E-state index contributed by atoms with van der Waals surface area (Å²) in [7, 11) is 0. The SMILES string of the molecule is CC(NC(=O)c1ccc(NC(=O)CC#N)cc1)c1ccccc1. The molecule has 2 N–H and O–H groups in total. The Balaban J connectivity index is 1.98. The topological polar surface area (TPSA) is 82.0 Å². The lowest BCUT2D eigenvalue weighted by Crippen LogP contribution is -2.26. The lowest BCUT2D eigenvalue weighted by Gasteiger charge is -2.14. The molecular formula is C18H17N3O2. The third-order valence-corrected chi connectivity index (χ3v) is 3.32. The number of rotatable bonds is 5. The van der Waals surface area contributed by atoms with Gasteiger partial charge in [0.05, 0.1) is 12.1 Å². The average Bonchev–Trinajstić information content (AvgIpc) is 2.56. The zero-order valence-corrected chi connectivity index (χ0v) is 12.7. The van der Waals surface area contributed by atoms with Crippen LogP contribution < -0.4 is 10.6 Å². The first kappa shape index (κ1) is 16.2. The van der Waals surface area contributed by atoms with Crippen LogP contribution in [0.2, 0.25) is 0 Å². The van der Waals surface area contributed by atoms with Gasteiger partial charge >= 0.3 is 0 Å². The minimum atomic E-state index is -0.373. The Hall–Kier alpha value is -3.13.